The Balaban J connectivity index is 0.000000375. The molecule has 36 heavy (non-hydrogen) atoms. The van der Waals surface area contributed by atoms with E-state index in [1.807, 2.05) is 0 Å². The van der Waals surface area contributed by atoms with Gasteiger partial charge in [-0.15, -0.1) is 0 Å². The predicted molar refractivity (Wildman–Crippen MR) is 150 cm³/mol. The molecule has 0 aromatic rings. The zero-order chi connectivity index (χ0) is 25.0. The molecule has 5 rings (SSSR count). The van der Waals surface area contributed by atoms with Crippen molar-refractivity contribution in [3.63, 3.8) is 0 Å². The van der Waals surface area contributed by atoms with Crippen LogP contribution in [0.1, 0.15) is 154 Å². The minimum atomic E-state index is 0.0359. The topological polar surface area (TPSA) is 52.6 Å². The van der Waals surface area contributed by atoms with Gasteiger partial charge in [-0.3, -0.25) is 4.79 Å². The number of amides is 1. The maximum atomic E-state index is 13.9. The Kier molecular flexibility index (Phi) is 12.4. The summed E-state index contributed by atoms with van der Waals surface area (Å²) in [6, 6.07) is 1.86. The van der Waals surface area contributed by atoms with Crippen molar-refractivity contribution in [1.82, 2.24) is 10.2 Å². The van der Waals surface area contributed by atoms with Crippen molar-refractivity contribution in [2.45, 2.75) is 178 Å². The summed E-state index contributed by atoms with van der Waals surface area (Å²) in [5, 5.41) is 12.8. The lowest BCUT2D eigenvalue weighted by Crippen LogP contribution is -2.51. The highest BCUT2D eigenvalue weighted by Crippen LogP contribution is 2.36. The smallest absolute Gasteiger partial charge is 0.226 e. The molecule has 0 spiro atoms. The summed E-state index contributed by atoms with van der Waals surface area (Å²) < 4.78 is 0. The average Bonchev–Trinajstić information content (AvgIpc) is 2.95. The molecule has 0 aromatic carbocycles. The summed E-state index contributed by atoms with van der Waals surface area (Å²) in [6.45, 7) is 1.15. The molecule has 4 nitrogen and oxygen atoms in total. The van der Waals surface area contributed by atoms with Gasteiger partial charge in [0.15, 0.2) is 0 Å². The van der Waals surface area contributed by atoms with Crippen molar-refractivity contribution in [2.24, 2.45) is 11.8 Å². The van der Waals surface area contributed by atoms with E-state index >= 15 is 0 Å². The minimum Gasteiger partial charge on any atom is -0.393 e. The van der Waals surface area contributed by atoms with Crippen molar-refractivity contribution in [3.8, 4) is 0 Å². The highest BCUT2D eigenvalue weighted by molar-refractivity contribution is 5.79. The number of hydrogen-bond acceptors (Lipinski definition) is 3. The maximum Gasteiger partial charge on any atom is 0.226 e. The van der Waals surface area contributed by atoms with E-state index in [9.17, 15) is 4.79 Å². The predicted octanol–water partition coefficient (Wildman–Crippen LogP) is 7.52. The van der Waals surface area contributed by atoms with E-state index in [0.29, 0.717) is 23.9 Å². The summed E-state index contributed by atoms with van der Waals surface area (Å²) in [7, 11) is 0. The van der Waals surface area contributed by atoms with E-state index in [2.05, 4.69) is 10.2 Å². The van der Waals surface area contributed by atoms with Gasteiger partial charge in [-0.05, 0) is 83.1 Å². The molecule has 4 heteroatoms. The lowest BCUT2D eigenvalue weighted by Gasteiger charge is -2.44. The van der Waals surface area contributed by atoms with Crippen LogP contribution in [-0.2, 0) is 4.79 Å². The Hall–Kier alpha value is -0.610. The van der Waals surface area contributed by atoms with E-state index in [4.69, 9.17) is 5.11 Å². The van der Waals surface area contributed by atoms with Crippen LogP contribution >= 0.6 is 0 Å². The molecular weight excluding hydrogens is 444 g/mol. The van der Waals surface area contributed by atoms with Gasteiger partial charge in [0.2, 0.25) is 5.91 Å². The lowest BCUT2D eigenvalue weighted by atomic mass is 9.79. The molecule has 1 amide bonds. The zero-order valence-corrected chi connectivity index (χ0v) is 23.4. The summed E-state index contributed by atoms with van der Waals surface area (Å²) in [5.74, 6) is 1.59. The van der Waals surface area contributed by atoms with Gasteiger partial charge in [-0.25, -0.2) is 0 Å². The van der Waals surface area contributed by atoms with Gasteiger partial charge in [0.25, 0.3) is 0 Å². The highest BCUT2D eigenvalue weighted by Gasteiger charge is 2.37. The van der Waals surface area contributed by atoms with Crippen LogP contribution in [0.25, 0.3) is 0 Å². The largest absolute Gasteiger partial charge is 0.393 e. The molecule has 0 aromatic heterocycles. The van der Waals surface area contributed by atoms with E-state index in [1.54, 1.807) is 0 Å². The number of aliphatic hydroxyl groups excluding tert-OH is 1. The fourth-order valence-electron chi connectivity index (χ4n) is 8.01. The van der Waals surface area contributed by atoms with Crippen molar-refractivity contribution >= 4 is 5.91 Å². The fourth-order valence-corrected chi connectivity index (χ4v) is 8.01. The van der Waals surface area contributed by atoms with Crippen LogP contribution in [0.2, 0.25) is 0 Å². The summed E-state index contributed by atoms with van der Waals surface area (Å²) in [6.07, 6.45) is 30.9. The molecule has 5 fully saturated rings. The highest BCUT2D eigenvalue weighted by atomic mass is 16.3. The Bertz CT molecular complexity index is 583. The van der Waals surface area contributed by atoms with Gasteiger partial charge >= 0.3 is 0 Å². The van der Waals surface area contributed by atoms with Crippen LogP contribution in [0.15, 0.2) is 0 Å². The quantitative estimate of drug-likeness (QED) is 0.395. The van der Waals surface area contributed by atoms with Crippen molar-refractivity contribution < 1.29 is 9.90 Å². The molecular formula is C32H58N2O2. The molecule has 5 saturated carbocycles. The molecule has 5 aliphatic carbocycles. The zero-order valence-electron chi connectivity index (χ0n) is 23.4. The number of nitrogens with zero attached hydrogens (tertiary/aromatic N) is 1. The number of carbonyl (C=O) groups is 1. The van der Waals surface area contributed by atoms with Crippen LogP contribution in [0.4, 0.5) is 0 Å². The first-order chi connectivity index (χ1) is 17.7. The van der Waals surface area contributed by atoms with E-state index in [1.165, 1.54) is 128 Å². The third-order valence-corrected chi connectivity index (χ3v) is 10.2. The van der Waals surface area contributed by atoms with Gasteiger partial charge in [0.05, 0.1) is 6.10 Å². The SMILES string of the molecule is O=C(C1CCCC(CNC2CCCCC2)C1)N(C1CCCCC1)C1CCCCC1.OC1CCCCC1. The van der Waals surface area contributed by atoms with Crippen molar-refractivity contribution in [3.05, 3.63) is 0 Å². The van der Waals surface area contributed by atoms with Gasteiger partial charge in [0, 0.05) is 24.0 Å². The molecule has 2 N–H and O–H groups in total. The van der Waals surface area contributed by atoms with Crippen LogP contribution in [-0.4, -0.2) is 46.7 Å². The molecule has 2 unspecified atom stereocenters. The molecule has 0 heterocycles. The Morgan fingerprint density at radius 3 is 1.61 bits per heavy atom. The molecule has 0 radical (unpaired) electrons. The Morgan fingerprint density at radius 1 is 0.611 bits per heavy atom. The average molecular weight is 503 g/mol. The van der Waals surface area contributed by atoms with Gasteiger partial charge in [-0.1, -0.05) is 83.5 Å². The molecule has 0 aliphatic heterocycles. The fraction of sp³-hybridized carbons (Fsp3) is 0.969. The van der Waals surface area contributed by atoms with Crippen LogP contribution in [0.3, 0.4) is 0 Å². The van der Waals surface area contributed by atoms with Gasteiger partial charge in [0.1, 0.15) is 0 Å². The number of hydrogen-bond donors (Lipinski definition) is 2. The molecule has 2 atom stereocenters. The van der Waals surface area contributed by atoms with E-state index < -0.39 is 0 Å². The van der Waals surface area contributed by atoms with Crippen LogP contribution < -0.4 is 5.32 Å². The second-order valence-corrected chi connectivity index (χ2v) is 13.1. The maximum absolute atomic E-state index is 13.9. The monoisotopic (exact) mass is 502 g/mol. The van der Waals surface area contributed by atoms with Crippen LogP contribution in [0, 0.1) is 11.8 Å². The second kappa shape index (κ2) is 15.7. The van der Waals surface area contributed by atoms with E-state index in [0.717, 1.165) is 44.2 Å². The molecule has 0 bridgehead atoms. The Morgan fingerprint density at radius 2 is 1.11 bits per heavy atom. The summed E-state index contributed by atoms with van der Waals surface area (Å²) in [4.78, 5) is 16.3. The first-order valence-electron chi connectivity index (χ1n) is 16.4. The number of carbonyl (C=O) groups excluding carboxylic acids is 1. The van der Waals surface area contributed by atoms with Crippen molar-refractivity contribution in [2.75, 3.05) is 6.54 Å². The molecule has 5 aliphatic rings. The minimum absolute atomic E-state index is 0.0359. The lowest BCUT2D eigenvalue weighted by molar-refractivity contribution is -0.144. The van der Waals surface area contributed by atoms with Gasteiger partial charge < -0.3 is 15.3 Å². The molecule has 208 valence electrons. The molecule has 0 saturated heterocycles. The first kappa shape index (κ1) is 28.4. The van der Waals surface area contributed by atoms with Gasteiger partial charge in [-0.2, -0.15) is 0 Å². The standard InChI is InChI=1S/C26H46N2O.C6H12O/c29-26(28(24-15-6-2-7-16-24)25-17-8-3-9-18-25)22-12-10-11-21(19-22)20-27-23-13-4-1-5-14-23;7-6-4-2-1-3-5-6/h21-25,27H,1-20H2;6-7H,1-5H2. The number of nitrogens with one attached hydrogen (secondary N) is 1. The second-order valence-electron chi connectivity index (χ2n) is 13.1. The first-order valence-corrected chi connectivity index (χ1v) is 16.4. The van der Waals surface area contributed by atoms with E-state index in [-0.39, 0.29) is 6.10 Å². The number of aliphatic hydroxyl groups is 1. The Labute approximate surface area is 222 Å². The summed E-state index contributed by atoms with van der Waals surface area (Å²) in [5.41, 5.74) is 0. The third kappa shape index (κ3) is 9.00. The normalized spacial score (nSPS) is 29.8. The third-order valence-electron chi connectivity index (χ3n) is 10.2. The van der Waals surface area contributed by atoms with Crippen molar-refractivity contribution in [1.29, 1.82) is 0 Å². The number of rotatable bonds is 6. The summed E-state index contributed by atoms with van der Waals surface area (Å²) >= 11 is 0. The van der Waals surface area contributed by atoms with Crippen LogP contribution in [0.5, 0.6) is 0 Å².